The Morgan fingerprint density at radius 1 is 0.960 bits per heavy atom. The summed E-state index contributed by atoms with van der Waals surface area (Å²) in [5.41, 5.74) is -1.29. The van der Waals surface area contributed by atoms with E-state index in [2.05, 4.69) is 10.6 Å². The van der Waals surface area contributed by atoms with Crippen molar-refractivity contribution < 1.29 is 23.9 Å². The van der Waals surface area contributed by atoms with Crippen molar-refractivity contribution >= 4 is 29.7 Å². The minimum Gasteiger partial charge on any atom is -0.458 e. The first-order chi connectivity index (χ1) is 11.2. The van der Waals surface area contributed by atoms with Gasteiger partial charge in [-0.1, -0.05) is 0 Å². The fourth-order valence-corrected chi connectivity index (χ4v) is 2.19. The molecule has 25 heavy (non-hydrogen) atoms. The van der Waals surface area contributed by atoms with Crippen molar-refractivity contribution in [3.8, 4) is 0 Å². The Morgan fingerprint density at radius 2 is 1.48 bits per heavy atom. The van der Waals surface area contributed by atoms with Gasteiger partial charge in [0.25, 0.3) is 0 Å². The molecule has 0 unspecified atom stereocenters. The van der Waals surface area contributed by atoms with Gasteiger partial charge in [-0.15, -0.1) is 0 Å². The fraction of sp³-hybridized carbons (Fsp3) is 0.824. The third-order valence-electron chi connectivity index (χ3n) is 2.74. The normalized spacial score (nSPS) is 14.2. The van der Waals surface area contributed by atoms with E-state index in [9.17, 15) is 14.4 Å². The highest BCUT2D eigenvalue weighted by Crippen LogP contribution is 2.10. The summed E-state index contributed by atoms with van der Waals surface area (Å²) in [5, 5.41) is 5.15. The number of alkyl carbamates (subject to hydrolysis) is 1. The summed E-state index contributed by atoms with van der Waals surface area (Å²) in [6, 6.07) is -1.60. The molecule has 0 saturated heterocycles. The van der Waals surface area contributed by atoms with Gasteiger partial charge in [-0.05, 0) is 66.9 Å². The maximum absolute atomic E-state index is 12.4. The van der Waals surface area contributed by atoms with Crippen LogP contribution in [0.15, 0.2) is 0 Å². The van der Waals surface area contributed by atoms with Gasteiger partial charge >= 0.3 is 12.1 Å². The predicted molar refractivity (Wildman–Crippen MR) is 99.6 cm³/mol. The molecule has 0 heterocycles. The Hall–Kier alpha value is -1.44. The zero-order chi connectivity index (χ0) is 19.8. The van der Waals surface area contributed by atoms with Gasteiger partial charge in [-0.25, -0.2) is 9.59 Å². The number of carbonyl (C=O) groups is 3. The zero-order valence-corrected chi connectivity index (χ0v) is 17.3. The van der Waals surface area contributed by atoms with Gasteiger partial charge in [0.1, 0.15) is 23.3 Å². The standard InChI is InChI=1S/C17H32N2O5S/c1-11(14(21)23-16(2,3)4)18-13(20)12(9-10-25-8)19-15(22)24-17(5,6)7/h11-12H,9-10H2,1-8H3,(H,18,20)(H,19,22)/t11-,12-/m0/s1. The molecule has 8 heteroatoms. The topological polar surface area (TPSA) is 93.7 Å². The average molecular weight is 377 g/mol. The summed E-state index contributed by atoms with van der Waals surface area (Å²) in [5.74, 6) is -0.297. The molecule has 146 valence electrons. The second kappa shape index (κ2) is 9.89. The third-order valence-corrected chi connectivity index (χ3v) is 3.38. The quantitative estimate of drug-likeness (QED) is 0.663. The summed E-state index contributed by atoms with van der Waals surface area (Å²) < 4.78 is 10.4. The lowest BCUT2D eigenvalue weighted by atomic mass is 10.1. The highest BCUT2D eigenvalue weighted by atomic mass is 32.2. The molecule has 2 N–H and O–H groups in total. The number of nitrogens with one attached hydrogen (secondary N) is 2. The Kier molecular flexibility index (Phi) is 9.32. The van der Waals surface area contributed by atoms with Crippen LogP contribution in [0, 0.1) is 0 Å². The fourth-order valence-electron chi connectivity index (χ4n) is 1.72. The molecular weight excluding hydrogens is 344 g/mol. The summed E-state index contributed by atoms with van der Waals surface area (Å²) in [7, 11) is 0. The lowest BCUT2D eigenvalue weighted by Crippen LogP contribution is -2.52. The smallest absolute Gasteiger partial charge is 0.408 e. The number of ether oxygens (including phenoxy) is 2. The first-order valence-electron chi connectivity index (χ1n) is 8.27. The number of hydrogen-bond donors (Lipinski definition) is 2. The molecule has 2 amide bonds. The Labute approximate surface area is 155 Å². The number of carbonyl (C=O) groups excluding carboxylic acids is 3. The van der Waals surface area contributed by atoms with Crippen LogP contribution < -0.4 is 10.6 Å². The molecule has 0 saturated carbocycles. The van der Waals surface area contributed by atoms with Gasteiger partial charge in [0.15, 0.2) is 0 Å². The van der Waals surface area contributed by atoms with Crippen LogP contribution in [0.2, 0.25) is 0 Å². The van der Waals surface area contributed by atoms with Gasteiger partial charge in [-0.2, -0.15) is 11.8 Å². The van der Waals surface area contributed by atoms with Crippen molar-refractivity contribution in [1.29, 1.82) is 0 Å². The Morgan fingerprint density at radius 3 is 1.92 bits per heavy atom. The van der Waals surface area contributed by atoms with Crippen LogP contribution in [0.1, 0.15) is 54.9 Å². The number of hydrogen-bond acceptors (Lipinski definition) is 6. The van der Waals surface area contributed by atoms with E-state index in [1.54, 1.807) is 60.2 Å². The van der Waals surface area contributed by atoms with Gasteiger partial charge in [0.05, 0.1) is 0 Å². The van der Waals surface area contributed by atoms with Gasteiger partial charge < -0.3 is 20.1 Å². The Balaban J connectivity index is 4.82. The van der Waals surface area contributed by atoms with Crippen molar-refractivity contribution in [3.63, 3.8) is 0 Å². The van der Waals surface area contributed by atoms with Crippen molar-refractivity contribution in [2.75, 3.05) is 12.0 Å². The molecule has 0 aromatic heterocycles. The van der Waals surface area contributed by atoms with Crippen LogP contribution in [0.3, 0.4) is 0 Å². The van der Waals surface area contributed by atoms with E-state index in [1.165, 1.54) is 0 Å². The molecule has 0 radical (unpaired) electrons. The van der Waals surface area contributed by atoms with Gasteiger partial charge in [-0.3, -0.25) is 4.79 Å². The van der Waals surface area contributed by atoms with Crippen molar-refractivity contribution in [2.45, 2.75) is 78.2 Å². The molecule has 0 aromatic carbocycles. The molecule has 0 rings (SSSR count). The second-order valence-corrected chi connectivity index (χ2v) is 8.73. The molecular formula is C17H32N2O5S. The van der Waals surface area contributed by atoms with E-state index in [1.807, 2.05) is 6.26 Å². The number of thioether (sulfide) groups is 1. The van der Waals surface area contributed by atoms with E-state index in [4.69, 9.17) is 9.47 Å². The number of amides is 2. The van der Waals surface area contributed by atoms with Gasteiger partial charge in [0, 0.05) is 0 Å². The number of esters is 1. The van der Waals surface area contributed by atoms with E-state index < -0.39 is 41.3 Å². The third kappa shape index (κ3) is 11.7. The molecule has 0 aliphatic rings. The van der Waals surface area contributed by atoms with E-state index in [0.717, 1.165) is 0 Å². The number of rotatable bonds is 7. The first-order valence-corrected chi connectivity index (χ1v) is 9.66. The van der Waals surface area contributed by atoms with Gasteiger partial charge in [0.2, 0.25) is 5.91 Å². The molecule has 0 spiro atoms. The highest BCUT2D eigenvalue weighted by molar-refractivity contribution is 7.98. The molecule has 0 aromatic rings. The first kappa shape index (κ1) is 23.6. The van der Waals surface area contributed by atoms with Crippen LogP contribution in [0.5, 0.6) is 0 Å². The average Bonchev–Trinajstić information content (AvgIpc) is 2.39. The zero-order valence-electron chi connectivity index (χ0n) is 16.5. The lowest BCUT2D eigenvalue weighted by Gasteiger charge is -2.25. The SMILES string of the molecule is CSCC[C@H](NC(=O)OC(C)(C)C)C(=O)N[C@@H](C)C(=O)OC(C)(C)C. The van der Waals surface area contributed by atoms with Crippen LogP contribution in [0.4, 0.5) is 4.79 Å². The largest absolute Gasteiger partial charge is 0.458 e. The highest BCUT2D eigenvalue weighted by Gasteiger charge is 2.28. The molecule has 7 nitrogen and oxygen atoms in total. The predicted octanol–water partition coefficient (Wildman–Crippen LogP) is 2.48. The maximum atomic E-state index is 12.4. The molecule has 0 aliphatic carbocycles. The van der Waals surface area contributed by atoms with Crippen LogP contribution in [-0.2, 0) is 19.1 Å². The van der Waals surface area contributed by atoms with E-state index in [0.29, 0.717) is 12.2 Å². The molecule has 2 atom stereocenters. The molecule has 0 fully saturated rings. The summed E-state index contributed by atoms with van der Waals surface area (Å²) >= 11 is 1.56. The van der Waals surface area contributed by atoms with E-state index >= 15 is 0 Å². The molecule has 0 bridgehead atoms. The van der Waals surface area contributed by atoms with Crippen LogP contribution in [-0.4, -0.2) is 53.3 Å². The van der Waals surface area contributed by atoms with Crippen molar-refractivity contribution in [3.05, 3.63) is 0 Å². The lowest BCUT2D eigenvalue weighted by molar-refractivity contribution is -0.158. The summed E-state index contributed by atoms with van der Waals surface area (Å²) in [4.78, 5) is 36.4. The Bertz CT molecular complexity index is 469. The van der Waals surface area contributed by atoms with E-state index in [-0.39, 0.29) is 0 Å². The van der Waals surface area contributed by atoms with Crippen molar-refractivity contribution in [1.82, 2.24) is 10.6 Å². The summed E-state index contributed by atoms with van der Waals surface area (Å²) in [6.45, 7) is 12.0. The summed E-state index contributed by atoms with van der Waals surface area (Å²) in [6.07, 6.45) is 1.66. The molecule has 0 aliphatic heterocycles. The van der Waals surface area contributed by atoms with Crippen molar-refractivity contribution in [2.24, 2.45) is 0 Å². The van der Waals surface area contributed by atoms with Crippen LogP contribution in [0.25, 0.3) is 0 Å². The van der Waals surface area contributed by atoms with Crippen LogP contribution >= 0.6 is 11.8 Å². The maximum Gasteiger partial charge on any atom is 0.408 e. The minimum absolute atomic E-state index is 0.424. The second-order valence-electron chi connectivity index (χ2n) is 7.74. The minimum atomic E-state index is -0.816. The monoisotopic (exact) mass is 376 g/mol.